The first kappa shape index (κ1) is 14.7. The molecule has 2 aromatic heterocycles. The normalized spacial score (nSPS) is 11.0. The van der Waals surface area contributed by atoms with Gasteiger partial charge in [-0.3, -0.25) is 0 Å². The third-order valence-corrected chi connectivity index (χ3v) is 4.81. The van der Waals surface area contributed by atoms with Crippen LogP contribution in [0.15, 0.2) is 50.6 Å². The van der Waals surface area contributed by atoms with Crippen molar-refractivity contribution >= 4 is 39.3 Å². The maximum atomic E-state index is 6.16. The van der Waals surface area contributed by atoms with Gasteiger partial charge in [-0.15, -0.1) is 10.2 Å². The quantitative estimate of drug-likeness (QED) is 0.607. The van der Waals surface area contributed by atoms with Crippen molar-refractivity contribution in [2.24, 2.45) is 7.05 Å². The van der Waals surface area contributed by atoms with Gasteiger partial charge in [-0.1, -0.05) is 41.6 Å². The summed E-state index contributed by atoms with van der Waals surface area (Å²) in [6, 6.07) is 11.5. The summed E-state index contributed by atoms with van der Waals surface area (Å²) in [6.07, 6.45) is 0. The highest BCUT2D eigenvalue weighted by Crippen LogP contribution is 2.29. The zero-order valence-corrected chi connectivity index (χ0v) is 14.2. The SMILES string of the molecule is Cn1c(SCc2ccccc2Cl)nnc1-c1ccc(Br)o1. The van der Waals surface area contributed by atoms with E-state index >= 15 is 0 Å². The predicted molar refractivity (Wildman–Crippen MR) is 87.4 cm³/mol. The Labute approximate surface area is 139 Å². The summed E-state index contributed by atoms with van der Waals surface area (Å²) in [5.74, 6) is 2.12. The van der Waals surface area contributed by atoms with Gasteiger partial charge in [-0.05, 0) is 39.7 Å². The Morgan fingerprint density at radius 2 is 2.05 bits per heavy atom. The van der Waals surface area contributed by atoms with E-state index in [-0.39, 0.29) is 0 Å². The van der Waals surface area contributed by atoms with Crippen LogP contribution >= 0.6 is 39.3 Å². The summed E-state index contributed by atoms with van der Waals surface area (Å²) < 4.78 is 8.09. The summed E-state index contributed by atoms with van der Waals surface area (Å²) >= 11 is 11.0. The number of furan rings is 1. The number of nitrogens with zero attached hydrogens (tertiary/aromatic N) is 3. The summed E-state index contributed by atoms with van der Waals surface area (Å²) in [5, 5.41) is 9.97. The molecule has 0 spiro atoms. The first-order valence-corrected chi connectivity index (χ1v) is 8.32. The Bertz CT molecular complexity index is 771. The highest BCUT2D eigenvalue weighted by molar-refractivity contribution is 9.10. The fourth-order valence-corrected chi connectivity index (χ4v) is 3.35. The molecule has 21 heavy (non-hydrogen) atoms. The molecular weight excluding hydrogens is 374 g/mol. The average molecular weight is 385 g/mol. The summed E-state index contributed by atoms with van der Waals surface area (Å²) in [7, 11) is 1.92. The number of aromatic nitrogens is 3. The Hall–Kier alpha value is -1.24. The van der Waals surface area contributed by atoms with E-state index in [0.29, 0.717) is 16.3 Å². The van der Waals surface area contributed by atoms with Crippen LogP contribution in [0.5, 0.6) is 0 Å². The summed E-state index contributed by atoms with van der Waals surface area (Å²) in [5.41, 5.74) is 1.08. The van der Waals surface area contributed by atoms with Gasteiger partial charge in [0.05, 0.1) is 0 Å². The molecule has 0 fully saturated rings. The Morgan fingerprint density at radius 3 is 2.76 bits per heavy atom. The van der Waals surface area contributed by atoms with Crippen molar-refractivity contribution in [2.45, 2.75) is 10.9 Å². The van der Waals surface area contributed by atoms with Gasteiger partial charge in [-0.2, -0.15) is 0 Å². The zero-order valence-electron chi connectivity index (χ0n) is 11.1. The van der Waals surface area contributed by atoms with Gasteiger partial charge in [0, 0.05) is 17.8 Å². The van der Waals surface area contributed by atoms with E-state index < -0.39 is 0 Å². The van der Waals surface area contributed by atoms with Crippen LogP contribution in [0, 0.1) is 0 Å². The number of hydrogen-bond acceptors (Lipinski definition) is 4. The molecule has 0 aliphatic rings. The molecule has 0 unspecified atom stereocenters. The lowest BCUT2D eigenvalue weighted by Gasteiger charge is -2.04. The predicted octanol–water partition coefficient (Wildman–Crippen LogP) is 4.78. The molecule has 4 nitrogen and oxygen atoms in total. The lowest BCUT2D eigenvalue weighted by Crippen LogP contribution is -1.94. The van der Waals surface area contributed by atoms with Crippen molar-refractivity contribution in [3.05, 3.63) is 51.7 Å². The second-order valence-electron chi connectivity index (χ2n) is 4.35. The highest BCUT2D eigenvalue weighted by Gasteiger charge is 2.14. The fraction of sp³-hybridized carbons (Fsp3) is 0.143. The van der Waals surface area contributed by atoms with E-state index in [1.165, 1.54) is 0 Å². The molecule has 0 aliphatic carbocycles. The van der Waals surface area contributed by atoms with Crippen LogP contribution in [0.4, 0.5) is 0 Å². The van der Waals surface area contributed by atoms with E-state index in [9.17, 15) is 0 Å². The lowest BCUT2D eigenvalue weighted by atomic mass is 10.2. The third-order valence-electron chi connectivity index (χ3n) is 2.94. The third kappa shape index (κ3) is 3.17. The van der Waals surface area contributed by atoms with Gasteiger partial charge >= 0.3 is 0 Å². The minimum atomic E-state index is 0.672. The van der Waals surface area contributed by atoms with Gasteiger partial charge in [-0.25, -0.2) is 0 Å². The minimum absolute atomic E-state index is 0.672. The molecule has 0 bridgehead atoms. The molecule has 2 heterocycles. The number of rotatable bonds is 4. The molecule has 108 valence electrons. The average Bonchev–Trinajstić information content (AvgIpc) is 3.04. The van der Waals surface area contributed by atoms with Crippen molar-refractivity contribution in [1.29, 1.82) is 0 Å². The topological polar surface area (TPSA) is 43.9 Å². The standard InChI is InChI=1S/C14H11BrClN3OS/c1-19-13(11-6-7-12(15)20-11)17-18-14(19)21-8-9-4-2-3-5-10(9)16/h2-7H,8H2,1H3. The largest absolute Gasteiger partial charge is 0.446 e. The molecule has 0 aliphatic heterocycles. The van der Waals surface area contributed by atoms with Gasteiger partial charge in [0.1, 0.15) is 0 Å². The van der Waals surface area contributed by atoms with Crippen LogP contribution in [-0.4, -0.2) is 14.8 Å². The van der Waals surface area contributed by atoms with Crippen LogP contribution in [0.2, 0.25) is 5.02 Å². The first-order valence-electron chi connectivity index (χ1n) is 6.16. The van der Waals surface area contributed by atoms with E-state index in [1.807, 2.05) is 48.0 Å². The van der Waals surface area contributed by atoms with Crippen molar-refractivity contribution < 1.29 is 4.42 Å². The first-order chi connectivity index (χ1) is 10.1. The van der Waals surface area contributed by atoms with Crippen molar-refractivity contribution in [3.8, 4) is 11.6 Å². The maximum Gasteiger partial charge on any atom is 0.200 e. The molecule has 3 rings (SSSR count). The Balaban J connectivity index is 1.78. The molecule has 0 saturated carbocycles. The molecule has 0 saturated heterocycles. The Morgan fingerprint density at radius 1 is 1.24 bits per heavy atom. The van der Waals surface area contributed by atoms with E-state index in [0.717, 1.165) is 21.5 Å². The van der Waals surface area contributed by atoms with Gasteiger partial charge in [0.2, 0.25) is 0 Å². The number of halogens is 2. The number of thioether (sulfide) groups is 1. The van der Waals surface area contributed by atoms with Crippen molar-refractivity contribution in [3.63, 3.8) is 0 Å². The van der Waals surface area contributed by atoms with Crippen LogP contribution in [0.1, 0.15) is 5.56 Å². The van der Waals surface area contributed by atoms with E-state index in [1.54, 1.807) is 11.8 Å². The van der Waals surface area contributed by atoms with Crippen LogP contribution in [-0.2, 0) is 12.8 Å². The van der Waals surface area contributed by atoms with Gasteiger partial charge in [0.25, 0.3) is 0 Å². The second kappa shape index (κ2) is 6.25. The molecule has 3 aromatic rings. The minimum Gasteiger partial charge on any atom is -0.446 e. The molecule has 1 aromatic carbocycles. The fourth-order valence-electron chi connectivity index (χ4n) is 1.85. The molecule has 0 N–H and O–H groups in total. The highest BCUT2D eigenvalue weighted by atomic mass is 79.9. The lowest BCUT2D eigenvalue weighted by molar-refractivity contribution is 0.547. The van der Waals surface area contributed by atoms with Crippen molar-refractivity contribution in [2.75, 3.05) is 0 Å². The molecular formula is C14H11BrClN3OS. The molecule has 0 radical (unpaired) electrons. The summed E-state index contributed by atoms with van der Waals surface area (Å²) in [4.78, 5) is 0. The monoisotopic (exact) mass is 383 g/mol. The van der Waals surface area contributed by atoms with Gasteiger partial charge in [0.15, 0.2) is 21.4 Å². The van der Waals surface area contributed by atoms with Gasteiger partial charge < -0.3 is 8.98 Å². The molecule has 0 atom stereocenters. The maximum absolute atomic E-state index is 6.16. The smallest absolute Gasteiger partial charge is 0.200 e. The van der Waals surface area contributed by atoms with Crippen LogP contribution in [0.3, 0.4) is 0 Å². The van der Waals surface area contributed by atoms with Crippen molar-refractivity contribution in [1.82, 2.24) is 14.8 Å². The summed E-state index contributed by atoms with van der Waals surface area (Å²) in [6.45, 7) is 0. The Kier molecular flexibility index (Phi) is 4.37. The van der Waals surface area contributed by atoms with E-state index in [2.05, 4.69) is 26.1 Å². The van der Waals surface area contributed by atoms with Crippen LogP contribution in [0.25, 0.3) is 11.6 Å². The van der Waals surface area contributed by atoms with Crippen LogP contribution < -0.4 is 0 Å². The molecule has 7 heteroatoms. The van der Waals surface area contributed by atoms with E-state index in [4.69, 9.17) is 16.0 Å². The molecule has 0 amide bonds. The second-order valence-corrected chi connectivity index (χ2v) is 6.48. The number of benzene rings is 1. The zero-order chi connectivity index (χ0) is 14.8. The number of hydrogen-bond donors (Lipinski definition) is 0.